The van der Waals surface area contributed by atoms with Crippen molar-refractivity contribution in [2.75, 3.05) is 12.8 Å². The summed E-state index contributed by atoms with van der Waals surface area (Å²) in [7, 11) is 1.31. The Balaban J connectivity index is 2.56. The number of benzene rings is 1. The number of nitrogens with one attached hydrogen (secondary N) is 1. The number of carbonyl (C=O) groups is 1. The average molecular weight is 217 g/mol. The van der Waals surface area contributed by atoms with Gasteiger partial charge >= 0.3 is 5.97 Å². The molecule has 82 valence electrons. The second kappa shape index (κ2) is 4.06. The van der Waals surface area contributed by atoms with Gasteiger partial charge < -0.3 is 10.5 Å². The van der Waals surface area contributed by atoms with Gasteiger partial charge in [0.15, 0.2) is 11.5 Å². The van der Waals surface area contributed by atoms with Gasteiger partial charge in [0.05, 0.1) is 12.7 Å². The lowest BCUT2D eigenvalue weighted by atomic mass is 10.1. The Labute approximate surface area is 92.2 Å². The summed E-state index contributed by atoms with van der Waals surface area (Å²) in [6.45, 7) is 0. The van der Waals surface area contributed by atoms with Crippen LogP contribution in [0.2, 0.25) is 0 Å². The lowest BCUT2D eigenvalue weighted by Gasteiger charge is -2.02. The van der Waals surface area contributed by atoms with E-state index in [1.165, 1.54) is 7.11 Å². The van der Waals surface area contributed by atoms with E-state index in [9.17, 15) is 4.79 Å². The number of nitrogens with two attached hydrogens (primary N) is 1. The van der Waals surface area contributed by atoms with E-state index in [2.05, 4.69) is 14.9 Å². The van der Waals surface area contributed by atoms with Gasteiger partial charge in [-0.2, -0.15) is 5.10 Å². The number of methoxy groups -OCH3 is 1. The van der Waals surface area contributed by atoms with Crippen LogP contribution in [-0.2, 0) is 4.74 Å². The van der Waals surface area contributed by atoms with Gasteiger partial charge in [0.2, 0.25) is 0 Å². The normalized spacial score (nSPS) is 10.1. The highest BCUT2D eigenvalue weighted by molar-refractivity contribution is 5.98. The molecule has 0 aliphatic heterocycles. The number of nitrogens with zero attached hydrogens (tertiary/aromatic N) is 1. The molecule has 0 bridgehead atoms. The van der Waals surface area contributed by atoms with E-state index in [-0.39, 0.29) is 11.5 Å². The Bertz CT molecular complexity index is 505. The summed E-state index contributed by atoms with van der Waals surface area (Å²) < 4.78 is 4.65. The minimum atomic E-state index is -0.483. The van der Waals surface area contributed by atoms with Crippen LogP contribution >= 0.6 is 0 Å². The predicted octanol–water partition coefficient (Wildman–Crippen LogP) is 1.45. The topological polar surface area (TPSA) is 81.0 Å². The molecule has 0 amide bonds. The van der Waals surface area contributed by atoms with E-state index in [1.54, 1.807) is 0 Å². The van der Waals surface area contributed by atoms with Gasteiger partial charge in [-0.05, 0) is 5.56 Å². The molecule has 5 heteroatoms. The van der Waals surface area contributed by atoms with Gasteiger partial charge in [-0.25, -0.2) is 4.79 Å². The number of esters is 1. The molecule has 2 aromatic rings. The standard InChI is InChI=1S/C11H11N3O2/c1-16-11(15)9-8(10(12)14-13-9)7-5-3-2-4-6-7/h2-6H,1H3,(H3,12,13,14). The Kier molecular flexibility index (Phi) is 2.59. The summed E-state index contributed by atoms with van der Waals surface area (Å²) in [5.74, 6) is -0.199. The number of rotatable bonds is 2. The molecule has 0 saturated heterocycles. The van der Waals surface area contributed by atoms with Crippen molar-refractivity contribution in [3.8, 4) is 11.1 Å². The molecule has 5 nitrogen and oxygen atoms in total. The predicted molar refractivity (Wildman–Crippen MR) is 59.8 cm³/mol. The first-order valence-corrected chi connectivity index (χ1v) is 4.71. The van der Waals surface area contributed by atoms with Crippen LogP contribution in [0.4, 0.5) is 5.82 Å². The highest BCUT2D eigenvalue weighted by Gasteiger charge is 2.19. The summed E-state index contributed by atoms with van der Waals surface area (Å²) in [6, 6.07) is 9.32. The minimum absolute atomic E-state index is 0.270. The molecule has 0 fully saturated rings. The van der Waals surface area contributed by atoms with Crippen LogP contribution in [-0.4, -0.2) is 23.3 Å². The Morgan fingerprint density at radius 3 is 2.69 bits per heavy atom. The minimum Gasteiger partial charge on any atom is -0.464 e. The molecule has 1 aromatic heterocycles. The first-order chi connectivity index (χ1) is 7.74. The first-order valence-electron chi connectivity index (χ1n) is 4.71. The van der Waals surface area contributed by atoms with Crippen LogP contribution in [0.5, 0.6) is 0 Å². The molecule has 0 spiro atoms. The van der Waals surface area contributed by atoms with Gasteiger partial charge in [-0.15, -0.1) is 0 Å². The highest BCUT2D eigenvalue weighted by Crippen LogP contribution is 2.27. The summed E-state index contributed by atoms with van der Waals surface area (Å²) in [6.07, 6.45) is 0. The molecule has 3 N–H and O–H groups in total. The molecule has 0 saturated carbocycles. The lowest BCUT2D eigenvalue weighted by Crippen LogP contribution is -2.03. The Hall–Kier alpha value is -2.30. The smallest absolute Gasteiger partial charge is 0.356 e. The van der Waals surface area contributed by atoms with Crippen LogP contribution in [0.3, 0.4) is 0 Å². The van der Waals surface area contributed by atoms with Gasteiger partial charge in [0.1, 0.15) is 0 Å². The quantitative estimate of drug-likeness (QED) is 0.746. The molecule has 1 aromatic carbocycles. The van der Waals surface area contributed by atoms with E-state index in [0.29, 0.717) is 5.56 Å². The van der Waals surface area contributed by atoms with Gasteiger partial charge in [-0.3, -0.25) is 5.10 Å². The lowest BCUT2D eigenvalue weighted by molar-refractivity contribution is 0.0595. The molecule has 2 rings (SSSR count). The third kappa shape index (κ3) is 1.63. The third-order valence-electron chi connectivity index (χ3n) is 2.25. The van der Waals surface area contributed by atoms with Gasteiger partial charge in [0.25, 0.3) is 0 Å². The summed E-state index contributed by atoms with van der Waals surface area (Å²) >= 11 is 0. The molecule has 0 aliphatic rings. The maximum atomic E-state index is 11.5. The monoisotopic (exact) mass is 217 g/mol. The van der Waals surface area contributed by atoms with E-state index in [0.717, 1.165) is 5.56 Å². The van der Waals surface area contributed by atoms with Crippen molar-refractivity contribution in [2.45, 2.75) is 0 Å². The zero-order valence-corrected chi connectivity index (χ0v) is 8.73. The first kappa shape index (κ1) is 10.2. The fourth-order valence-electron chi connectivity index (χ4n) is 1.50. The van der Waals surface area contributed by atoms with Crippen LogP contribution in [0.1, 0.15) is 10.5 Å². The van der Waals surface area contributed by atoms with E-state index < -0.39 is 5.97 Å². The van der Waals surface area contributed by atoms with E-state index in [1.807, 2.05) is 30.3 Å². The second-order valence-corrected chi connectivity index (χ2v) is 3.22. The fraction of sp³-hybridized carbons (Fsp3) is 0.0909. The number of ether oxygens (including phenoxy) is 1. The van der Waals surface area contributed by atoms with Crippen LogP contribution in [0.25, 0.3) is 11.1 Å². The summed E-state index contributed by atoms with van der Waals surface area (Å²) in [4.78, 5) is 11.5. The van der Waals surface area contributed by atoms with Crippen LogP contribution < -0.4 is 5.73 Å². The maximum absolute atomic E-state index is 11.5. The SMILES string of the molecule is COC(=O)c1[nH]nc(N)c1-c1ccccc1. The molecule has 0 aliphatic carbocycles. The van der Waals surface area contributed by atoms with Crippen molar-refractivity contribution in [1.29, 1.82) is 0 Å². The van der Waals surface area contributed by atoms with Crippen molar-refractivity contribution in [3.05, 3.63) is 36.0 Å². The van der Waals surface area contributed by atoms with Crippen molar-refractivity contribution in [3.63, 3.8) is 0 Å². The number of anilines is 1. The number of aromatic amines is 1. The number of H-pyrrole nitrogens is 1. The number of hydrogen-bond acceptors (Lipinski definition) is 4. The van der Waals surface area contributed by atoms with Crippen molar-refractivity contribution < 1.29 is 9.53 Å². The zero-order valence-electron chi connectivity index (χ0n) is 8.73. The second-order valence-electron chi connectivity index (χ2n) is 3.22. The Morgan fingerprint density at radius 1 is 1.38 bits per heavy atom. The Morgan fingerprint density at radius 2 is 2.06 bits per heavy atom. The zero-order chi connectivity index (χ0) is 11.5. The summed E-state index contributed by atoms with van der Waals surface area (Å²) in [5, 5.41) is 6.39. The molecule has 0 atom stereocenters. The number of carbonyl (C=O) groups excluding carboxylic acids is 1. The maximum Gasteiger partial charge on any atom is 0.356 e. The van der Waals surface area contributed by atoms with Gasteiger partial charge in [0, 0.05) is 0 Å². The van der Waals surface area contributed by atoms with Crippen molar-refractivity contribution in [2.24, 2.45) is 0 Å². The molecule has 16 heavy (non-hydrogen) atoms. The largest absolute Gasteiger partial charge is 0.464 e. The molecule has 0 radical (unpaired) electrons. The highest BCUT2D eigenvalue weighted by atomic mass is 16.5. The summed E-state index contributed by atoms with van der Waals surface area (Å²) in [5.41, 5.74) is 7.39. The molecule has 0 unspecified atom stereocenters. The van der Waals surface area contributed by atoms with Gasteiger partial charge in [-0.1, -0.05) is 30.3 Å². The van der Waals surface area contributed by atoms with Crippen LogP contribution in [0.15, 0.2) is 30.3 Å². The van der Waals surface area contributed by atoms with E-state index in [4.69, 9.17) is 5.73 Å². The van der Waals surface area contributed by atoms with Crippen molar-refractivity contribution >= 4 is 11.8 Å². The fourth-order valence-corrected chi connectivity index (χ4v) is 1.50. The number of hydrogen-bond donors (Lipinski definition) is 2. The number of aromatic nitrogens is 2. The third-order valence-corrected chi connectivity index (χ3v) is 2.25. The molecule has 1 heterocycles. The van der Waals surface area contributed by atoms with E-state index >= 15 is 0 Å². The average Bonchev–Trinajstić information content (AvgIpc) is 2.71. The molecular weight excluding hydrogens is 206 g/mol. The molecular formula is C11H11N3O2. The van der Waals surface area contributed by atoms with Crippen molar-refractivity contribution in [1.82, 2.24) is 10.2 Å². The van der Waals surface area contributed by atoms with Crippen LogP contribution in [0, 0.1) is 0 Å². The number of nitrogen functional groups attached to an aromatic ring is 1.